The summed E-state index contributed by atoms with van der Waals surface area (Å²) in [5, 5.41) is 0. The third-order valence-electron chi connectivity index (χ3n) is 4.53. The molecule has 0 bridgehead atoms. The van der Waals surface area contributed by atoms with Crippen molar-refractivity contribution in [3.63, 3.8) is 0 Å². The maximum atomic E-state index is 13.0. The lowest BCUT2D eigenvalue weighted by atomic mass is 10.1. The first kappa shape index (κ1) is 25.7. The summed E-state index contributed by atoms with van der Waals surface area (Å²) in [6, 6.07) is 2.86. The summed E-state index contributed by atoms with van der Waals surface area (Å²) in [6.07, 6.45) is 4.00. The number of piperidine rings is 1. The quantitative estimate of drug-likeness (QED) is 0.434. The molecule has 1 unspecified atom stereocenters. The number of anilines is 1. The predicted octanol–water partition coefficient (Wildman–Crippen LogP) is 3.91. The smallest absolute Gasteiger partial charge is 0.417 e. The zero-order valence-electron chi connectivity index (χ0n) is 19.4. The number of amides is 2. The van der Waals surface area contributed by atoms with E-state index in [2.05, 4.69) is 4.98 Å². The molecule has 0 aromatic carbocycles. The standard InChI is InChI=1S/C21H33N3O7S/c1-6-7-14-29-20(26)24(17-12-11-16(15-22-17)31-32(5,27)28)18-10-8-9-13-23(18)19(25)30-21(2,3)4/h11-12,15,18H,6-10,13-14H2,1-5H3. The highest BCUT2D eigenvalue weighted by Crippen LogP contribution is 2.28. The van der Waals surface area contributed by atoms with E-state index in [1.165, 1.54) is 28.1 Å². The third-order valence-corrected chi connectivity index (χ3v) is 5.03. The number of carbonyl (C=O) groups excluding carboxylic acids is 2. The second kappa shape index (κ2) is 10.8. The van der Waals surface area contributed by atoms with Gasteiger partial charge in [-0.2, -0.15) is 8.42 Å². The van der Waals surface area contributed by atoms with E-state index in [0.717, 1.165) is 25.5 Å². The normalized spacial score (nSPS) is 16.9. The molecular weight excluding hydrogens is 438 g/mol. The van der Waals surface area contributed by atoms with Crippen molar-refractivity contribution in [3.05, 3.63) is 18.3 Å². The lowest BCUT2D eigenvalue weighted by Crippen LogP contribution is -2.56. The molecular formula is C21H33N3O7S. The molecule has 11 heteroatoms. The van der Waals surface area contributed by atoms with Crippen LogP contribution >= 0.6 is 0 Å². The van der Waals surface area contributed by atoms with Gasteiger partial charge in [0.05, 0.1) is 19.1 Å². The fourth-order valence-corrected chi connectivity index (χ4v) is 3.64. The predicted molar refractivity (Wildman–Crippen MR) is 119 cm³/mol. The van der Waals surface area contributed by atoms with Gasteiger partial charge in [-0.3, -0.25) is 4.90 Å². The van der Waals surface area contributed by atoms with Crippen LogP contribution in [0.1, 0.15) is 59.8 Å². The summed E-state index contributed by atoms with van der Waals surface area (Å²) in [4.78, 5) is 33.0. The molecule has 1 saturated heterocycles. The number of aromatic nitrogens is 1. The van der Waals surface area contributed by atoms with Gasteiger partial charge in [0, 0.05) is 6.54 Å². The van der Waals surface area contributed by atoms with Crippen LogP contribution in [0.5, 0.6) is 5.75 Å². The van der Waals surface area contributed by atoms with Crippen molar-refractivity contribution in [2.24, 2.45) is 0 Å². The van der Waals surface area contributed by atoms with Gasteiger partial charge >= 0.3 is 22.3 Å². The van der Waals surface area contributed by atoms with Crippen LogP contribution < -0.4 is 9.08 Å². The molecule has 1 aliphatic rings. The zero-order valence-corrected chi connectivity index (χ0v) is 20.2. The maximum absolute atomic E-state index is 13.0. The molecule has 1 aromatic rings. The number of hydrogen-bond acceptors (Lipinski definition) is 8. The van der Waals surface area contributed by atoms with Crippen molar-refractivity contribution in [2.45, 2.75) is 71.6 Å². The van der Waals surface area contributed by atoms with Gasteiger partial charge in [-0.25, -0.2) is 19.5 Å². The lowest BCUT2D eigenvalue weighted by Gasteiger charge is -2.41. The average molecular weight is 472 g/mol. The van der Waals surface area contributed by atoms with E-state index < -0.39 is 34.1 Å². The summed E-state index contributed by atoms with van der Waals surface area (Å²) < 4.78 is 38.5. The van der Waals surface area contributed by atoms with Crippen LogP contribution in [-0.4, -0.2) is 61.7 Å². The number of likely N-dealkylation sites (tertiary alicyclic amines) is 1. The number of unbranched alkanes of at least 4 members (excludes halogenated alkanes) is 1. The van der Waals surface area contributed by atoms with Crippen LogP contribution in [0.3, 0.4) is 0 Å². The van der Waals surface area contributed by atoms with Crippen LogP contribution in [0.15, 0.2) is 18.3 Å². The number of pyridine rings is 1. The first-order valence-corrected chi connectivity index (χ1v) is 12.5. The van der Waals surface area contributed by atoms with Gasteiger partial charge in [-0.15, -0.1) is 0 Å². The molecule has 2 amide bonds. The van der Waals surface area contributed by atoms with E-state index in [1.54, 1.807) is 20.8 Å². The van der Waals surface area contributed by atoms with Crippen molar-refractivity contribution in [1.29, 1.82) is 0 Å². The molecule has 10 nitrogen and oxygen atoms in total. The third kappa shape index (κ3) is 7.85. The Bertz CT molecular complexity index is 882. The van der Waals surface area contributed by atoms with Crippen LogP contribution in [0.2, 0.25) is 0 Å². The van der Waals surface area contributed by atoms with Crippen molar-refractivity contribution in [1.82, 2.24) is 9.88 Å². The van der Waals surface area contributed by atoms with Crippen LogP contribution in [-0.2, 0) is 19.6 Å². The maximum Gasteiger partial charge on any atom is 0.417 e. The zero-order chi connectivity index (χ0) is 23.9. The Balaban J connectivity index is 2.36. The average Bonchev–Trinajstić information content (AvgIpc) is 2.67. The van der Waals surface area contributed by atoms with Gasteiger partial charge in [-0.1, -0.05) is 13.3 Å². The molecule has 0 saturated carbocycles. The molecule has 1 aliphatic heterocycles. The Morgan fingerprint density at radius 3 is 2.53 bits per heavy atom. The van der Waals surface area contributed by atoms with Gasteiger partial charge in [-0.05, 0) is 58.6 Å². The van der Waals surface area contributed by atoms with Crippen molar-refractivity contribution >= 4 is 28.1 Å². The van der Waals surface area contributed by atoms with E-state index in [0.29, 0.717) is 19.4 Å². The van der Waals surface area contributed by atoms with Crippen molar-refractivity contribution in [2.75, 3.05) is 24.3 Å². The fraction of sp³-hybridized carbons (Fsp3) is 0.667. The fourth-order valence-electron chi connectivity index (χ4n) is 3.20. The summed E-state index contributed by atoms with van der Waals surface area (Å²) in [5.41, 5.74) is -0.686. The molecule has 180 valence electrons. The van der Waals surface area contributed by atoms with Crippen LogP contribution in [0, 0.1) is 0 Å². The molecule has 0 radical (unpaired) electrons. The van der Waals surface area contributed by atoms with E-state index >= 15 is 0 Å². The van der Waals surface area contributed by atoms with Gasteiger partial charge in [0.2, 0.25) is 0 Å². The second-order valence-corrected chi connectivity index (χ2v) is 10.2. The Kier molecular flexibility index (Phi) is 8.71. The molecule has 2 heterocycles. The molecule has 1 atom stereocenters. The number of carbonyl (C=O) groups is 2. The largest absolute Gasteiger partial charge is 0.449 e. The van der Waals surface area contributed by atoms with E-state index in [1.807, 2.05) is 6.92 Å². The number of hydrogen-bond donors (Lipinski definition) is 0. The summed E-state index contributed by atoms with van der Waals surface area (Å²) in [5.74, 6) is 0.232. The Morgan fingerprint density at radius 2 is 1.97 bits per heavy atom. The molecule has 2 rings (SSSR count). The molecule has 32 heavy (non-hydrogen) atoms. The minimum atomic E-state index is -3.71. The van der Waals surface area contributed by atoms with Crippen molar-refractivity contribution in [3.8, 4) is 5.75 Å². The van der Waals surface area contributed by atoms with Gasteiger partial charge < -0.3 is 13.7 Å². The van der Waals surface area contributed by atoms with E-state index in [9.17, 15) is 18.0 Å². The molecule has 0 spiro atoms. The van der Waals surface area contributed by atoms with Crippen LogP contribution in [0.25, 0.3) is 0 Å². The number of rotatable bonds is 7. The first-order valence-electron chi connectivity index (χ1n) is 10.7. The lowest BCUT2D eigenvalue weighted by molar-refractivity contribution is 0.00929. The molecule has 0 aliphatic carbocycles. The van der Waals surface area contributed by atoms with Gasteiger partial charge in [0.15, 0.2) is 5.75 Å². The minimum absolute atomic E-state index is 0.0168. The Labute approximate surface area is 190 Å². The first-order chi connectivity index (χ1) is 14.9. The molecule has 0 N–H and O–H groups in total. The minimum Gasteiger partial charge on any atom is -0.449 e. The molecule has 1 aromatic heterocycles. The Hall–Kier alpha value is -2.56. The highest BCUT2D eigenvalue weighted by molar-refractivity contribution is 7.86. The monoisotopic (exact) mass is 471 g/mol. The van der Waals surface area contributed by atoms with Gasteiger partial charge in [0.1, 0.15) is 17.6 Å². The number of ether oxygens (including phenoxy) is 2. The van der Waals surface area contributed by atoms with Crippen molar-refractivity contribution < 1.29 is 31.7 Å². The van der Waals surface area contributed by atoms with E-state index in [-0.39, 0.29) is 18.2 Å². The topological polar surface area (TPSA) is 115 Å². The molecule has 1 fully saturated rings. The summed E-state index contributed by atoms with van der Waals surface area (Å²) >= 11 is 0. The summed E-state index contributed by atoms with van der Waals surface area (Å²) in [6.45, 7) is 7.99. The SMILES string of the molecule is CCCCOC(=O)N(c1ccc(OS(C)(=O)=O)cn1)C1CCCCN1C(=O)OC(C)(C)C. The highest BCUT2D eigenvalue weighted by Gasteiger charge is 2.38. The van der Waals surface area contributed by atoms with Crippen LogP contribution in [0.4, 0.5) is 15.4 Å². The second-order valence-electron chi connectivity index (χ2n) is 8.63. The summed E-state index contributed by atoms with van der Waals surface area (Å²) in [7, 11) is -3.71. The van der Waals surface area contributed by atoms with Gasteiger partial charge in [0.25, 0.3) is 0 Å². The van der Waals surface area contributed by atoms with E-state index in [4.69, 9.17) is 13.7 Å². The Morgan fingerprint density at radius 1 is 1.25 bits per heavy atom. The number of nitrogens with zero attached hydrogens (tertiary/aromatic N) is 3. The highest BCUT2D eigenvalue weighted by atomic mass is 32.2.